The molecule has 0 amide bonds. The van der Waals surface area contributed by atoms with Gasteiger partial charge in [0.25, 0.3) is 0 Å². The van der Waals surface area contributed by atoms with Crippen molar-refractivity contribution >= 4 is 15.9 Å². The van der Waals surface area contributed by atoms with Gasteiger partial charge in [-0.1, -0.05) is 46.3 Å². The van der Waals surface area contributed by atoms with Crippen LogP contribution < -0.4 is 10.1 Å². The predicted octanol–water partition coefficient (Wildman–Crippen LogP) is 4.74. The molecule has 3 heteroatoms. The van der Waals surface area contributed by atoms with Gasteiger partial charge in [-0.15, -0.1) is 0 Å². The molecule has 0 heterocycles. The minimum Gasteiger partial charge on any atom is -0.496 e. The molecular formula is C18H22BrNO. The van der Waals surface area contributed by atoms with Gasteiger partial charge >= 0.3 is 0 Å². The summed E-state index contributed by atoms with van der Waals surface area (Å²) in [6.45, 7) is 4.41. The lowest BCUT2D eigenvalue weighted by Gasteiger charge is -2.21. The van der Waals surface area contributed by atoms with E-state index in [-0.39, 0.29) is 0 Å². The molecule has 1 unspecified atom stereocenters. The van der Waals surface area contributed by atoms with Crippen LogP contribution in [0, 0.1) is 0 Å². The Hall–Kier alpha value is -1.32. The number of ether oxygens (including phenoxy) is 1. The average Bonchev–Trinajstić information content (AvgIpc) is 2.48. The molecule has 0 spiro atoms. The third kappa shape index (κ3) is 4.58. The summed E-state index contributed by atoms with van der Waals surface area (Å²) < 4.78 is 6.53. The Labute approximate surface area is 135 Å². The highest BCUT2D eigenvalue weighted by atomic mass is 79.9. The number of nitrogens with one attached hydrogen (secondary N) is 1. The van der Waals surface area contributed by atoms with E-state index in [0.29, 0.717) is 12.1 Å². The summed E-state index contributed by atoms with van der Waals surface area (Å²) >= 11 is 3.47. The van der Waals surface area contributed by atoms with Crippen LogP contribution in [0.5, 0.6) is 5.75 Å². The van der Waals surface area contributed by atoms with E-state index >= 15 is 0 Å². The number of halogens is 1. The SMILES string of the molecule is COc1ccccc1CC(C)N[C@H](C)c1ccc(Br)cc1. The van der Waals surface area contributed by atoms with Crippen LogP contribution in [-0.4, -0.2) is 13.2 Å². The van der Waals surface area contributed by atoms with E-state index in [1.165, 1.54) is 11.1 Å². The molecule has 0 aliphatic heterocycles. The Morgan fingerprint density at radius 3 is 2.38 bits per heavy atom. The van der Waals surface area contributed by atoms with E-state index in [9.17, 15) is 0 Å². The molecule has 0 saturated heterocycles. The van der Waals surface area contributed by atoms with Crippen LogP contribution >= 0.6 is 15.9 Å². The van der Waals surface area contributed by atoms with E-state index in [4.69, 9.17) is 4.74 Å². The lowest BCUT2D eigenvalue weighted by Crippen LogP contribution is -2.30. The van der Waals surface area contributed by atoms with Crippen LogP contribution in [0.1, 0.15) is 31.0 Å². The van der Waals surface area contributed by atoms with E-state index in [1.807, 2.05) is 12.1 Å². The molecule has 0 bridgehead atoms. The molecule has 2 atom stereocenters. The number of methoxy groups -OCH3 is 1. The fourth-order valence-electron chi connectivity index (χ4n) is 2.53. The molecule has 0 aromatic heterocycles. The maximum absolute atomic E-state index is 5.42. The number of benzene rings is 2. The standard InChI is InChI=1S/C18H22BrNO/c1-13(12-16-6-4-5-7-18(16)21-3)20-14(2)15-8-10-17(19)11-9-15/h4-11,13-14,20H,12H2,1-3H3/t13?,14-/m1/s1. The molecule has 2 aromatic rings. The Morgan fingerprint density at radius 1 is 1.05 bits per heavy atom. The lowest BCUT2D eigenvalue weighted by molar-refractivity contribution is 0.403. The molecule has 2 rings (SSSR count). The minimum atomic E-state index is 0.322. The van der Waals surface area contributed by atoms with Gasteiger partial charge in [0.05, 0.1) is 7.11 Å². The Balaban J connectivity index is 1.97. The van der Waals surface area contributed by atoms with Gasteiger partial charge in [-0.2, -0.15) is 0 Å². The fourth-order valence-corrected chi connectivity index (χ4v) is 2.80. The predicted molar refractivity (Wildman–Crippen MR) is 91.9 cm³/mol. The van der Waals surface area contributed by atoms with Crippen LogP contribution in [0.2, 0.25) is 0 Å². The monoisotopic (exact) mass is 347 g/mol. The summed E-state index contributed by atoms with van der Waals surface area (Å²) in [5.41, 5.74) is 2.54. The normalized spacial score (nSPS) is 13.7. The highest BCUT2D eigenvalue weighted by molar-refractivity contribution is 9.10. The maximum atomic E-state index is 5.42. The quantitative estimate of drug-likeness (QED) is 0.814. The van der Waals surface area contributed by atoms with Gasteiger partial charge < -0.3 is 10.1 Å². The minimum absolute atomic E-state index is 0.322. The van der Waals surface area contributed by atoms with Crippen molar-refractivity contribution in [2.45, 2.75) is 32.4 Å². The Morgan fingerprint density at radius 2 is 1.71 bits per heavy atom. The first-order valence-electron chi connectivity index (χ1n) is 7.23. The van der Waals surface area contributed by atoms with Gasteiger partial charge in [0, 0.05) is 16.6 Å². The molecule has 0 saturated carbocycles. The molecule has 0 aliphatic carbocycles. The molecule has 0 fully saturated rings. The molecule has 112 valence electrons. The zero-order valence-electron chi connectivity index (χ0n) is 12.8. The van der Waals surface area contributed by atoms with Crippen molar-refractivity contribution in [3.8, 4) is 5.75 Å². The van der Waals surface area contributed by atoms with Crippen LogP contribution in [-0.2, 0) is 6.42 Å². The first kappa shape index (κ1) is 16.1. The van der Waals surface area contributed by atoms with E-state index in [2.05, 4.69) is 71.5 Å². The van der Waals surface area contributed by atoms with Crippen LogP contribution in [0.4, 0.5) is 0 Å². The van der Waals surface area contributed by atoms with Crippen LogP contribution in [0.15, 0.2) is 53.0 Å². The number of para-hydroxylation sites is 1. The molecular weight excluding hydrogens is 326 g/mol. The third-order valence-corrected chi connectivity index (χ3v) is 4.15. The van der Waals surface area contributed by atoms with Crippen molar-refractivity contribution in [2.24, 2.45) is 0 Å². The second-order valence-electron chi connectivity index (χ2n) is 5.36. The number of rotatable bonds is 6. The zero-order valence-corrected chi connectivity index (χ0v) is 14.4. The van der Waals surface area contributed by atoms with Crippen LogP contribution in [0.25, 0.3) is 0 Å². The van der Waals surface area contributed by atoms with E-state index < -0.39 is 0 Å². The highest BCUT2D eigenvalue weighted by Crippen LogP contribution is 2.21. The molecule has 2 aromatic carbocycles. The van der Waals surface area contributed by atoms with Crippen LogP contribution in [0.3, 0.4) is 0 Å². The second-order valence-corrected chi connectivity index (χ2v) is 6.27. The number of hydrogen-bond acceptors (Lipinski definition) is 2. The van der Waals surface area contributed by atoms with Crippen molar-refractivity contribution in [1.82, 2.24) is 5.32 Å². The Kier molecular flexibility index (Phi) is 5.83. The summed E-state index contributed by atoms with van der Waals surface area (Å²) in [4.78, 5) is 0. The Bertz CT molecular complexity index is 568. The molecule has 0 aliphatic rings. The summed E-state index contributed by atoms with van der Waals surface area (Å²) in [6, 6.07) is 17.4. The summed E-state index contributed by atoms with van der Waals surface area (Å²) in [5, 5.41) is 3.64. The third-order valence-electron chi connectivity index (χ3n) is 3.62. The van der Waals surface area contributed by atoms with Crippen molar-refractivity contribution in [3.05, 3.63) is 64.1 Å². The van der Waals surface area contributed by atoms with Crippen molar-refractivity contribution in [1.29, 1.82) is 0 Å². The summed E-state index contributed by atoms with van der Waals surface area (Å²) in [6.07, 6.45) is 0.949. The van der Waals surface area contributed by atoms with Gasteiger partial charge in [0.1, 0.15) is 5.75 Å². The van der Waals surface area contributed by atoms with Crippen molar-refractivity contribution in [2.75, 3.05) is 7.11 Å². The van der Waals surface area contributed by atoms with Crippen molar-refractivity contribution < 1.29 is 4.74 Å². The van der Waals surface area contributed by atoms with Gasteiger partial charge in [-0.05, 0) is 49.6 Å². The molecule has 0 radical (unpaired) electrons. The second kappa shape index (κ2) is 7.62. The summed E-state index contributed by atoms with van der Waals surface area (Å²) in [7, 11) is 1.72. The van der Waals surface area contributed by atoms with Gasteiger partial charge in [-0.3, -0.25) is 0 Å². The van der Waals surface area contributed by atoms with E-state index in [0.717, 1.165) is 16.6 Å². The van der Waals surface area contributed by atoms with Gasteiger partial charge in [0.15, 0.2) is 0 Å². The van der Waals surface area contributed by atoms with E-state index in [1.54, 1.807) is 7.11 Å². The molecule has 1 N–H and O–H groups in total. The zero-order chi connectivity index (χ0) is 15.2. The average molecular weight is 348 g/mol. The van der Waals surface area contributed by atoms with Gasteiger partial charge in [-0.25, -0.2) is 0 Å². The summed E-state index contributed by atoms with van der Waals surface area (Å²) in [5.74, 6) is 0.961. The lowest BCUT2D eigenvalue weighted by atomic mass is 10.0. The topological polar surface area (TPSA) is 21.3 Å². The highest BCUT2D eigenvalue weighted by Gasteiger charge is 2.12. The smallest absolute Gasteiger partial charge is 0.122 e. The number of hydrogen-bond donors (Lipinski definition) is 1. The largest absolute Gasteiger partial charge is 0.496 e. The first-order chi connectivity index (χ1) is 10.1. The van der Waals surface area contributed by atoms with Crippen molar-refractivity contribution in [3.63, 3.8) is 0 Å². The maximum Gasteiger partial charge on any atom is 0.122 e. The van der Waals surface area contributed by atoms with Gasteiger partial charge in [0.2, 0.25) is 0 Å². The first-order valence-corrected chi connectivity index (χ1v) is 8.03. The molecule has 21 heavy (non-hydrogen) atoms. The fraction of sp³-hybridized carbons (Fsp3) is 0.333. The molecule has 2 nitrogen and oxygen atoms in total.